The highest BCUT2D eigenvalue weighted by molar-refractivity contribution is 7.91. The zero-order valence-corrected chi connectivity index (χ0v) is 21.7. The third-order valence-electron chi connectivity index (χ3n) is 6.67. The molecule has 0 saturated carbocycles. The SMILES string of the molecule is Cc1ccc2ncc(C3CCN(C(=O)CCS(=O)(=O)c4ccc5cc(Cl)ccc5c4)CC3)n2c1.Cl. The minimum atomic E-state index is -3.56. The van der Waals surface area contributed by atoms with Crippen LogP contribution in [0.4, 0.5) is 0 Å². The van der Waals surface area contributed by atoms with E-state index in [0.29, 0.717) is 24.0 Å². The van der Waals surface area contributed by atoms with Crippen LogP contribution in [0.25, 0.3) is 16.4 Å². The van der Waals surface area contributed by atoms with E-state index in [1.807, 2.05) is 12.3 Å². The summed E-state index contributed by atoms with van der Waals surface area (Å²) in [6.07, 6.45) is 5.70. The summed E-state index contributed by atoms with van der Waals surface area (Å²) in [7, 11) is -3.56. The van der Waals surface area contributed by atoms with E-state index in [1.54, 1.807) is 41.3 Å². The lowest BCUT2D eigenvalue weighted by Crippen LogP contribution is -2.38. The molecule has 1 saturated heterocycles. The molecule has 5 rings (SSSR count). The molecule has 1 amide bonds. The van der Waals surface area contributed by atoms with Crippen LogP contribution in [0.1, 0.15) is 36.4 Å². The minimum absolute atomic E-state index is 0. The molecule has 2 aromatic heterocycles. The molecular weight excluding hydrogens is 505 g/mol. The van der Waals surface area contributed by atoms with Crippen LogP contribution in [0.3, 0.4) is 0 Å². The summed E-state index contributed by atoms with van der Waals surface area (Å²) in [5.41, 5.74) is 3.28. The van der Waals surface area contributed by atoms with E-state index in [9.17, 15) is 13.2 Å². The van der Waals surface area contributed by atoms with E-state index in [0.717, 1.165) is 29.3 Å². The van der Waals surface area contributed by atoms with Crippen LogP contribution in [-0.2, 0) is 14.6 Å². The standard InChI is InChI=1S/C26H26ClN3O3S.ClH/c1-18-2-7-25-28-16-24(30(25)17-18)19-8-11-29(12-9-19)26(31)10-13-34(32,33)23-6-4-20-14-22(27)5-3-21(20)15-23;/h2-7,14-17,19H,8-13H2,1H3;1H. The van der Waals surface area contributed by atoms with Crippen LogP contribution in [0.15, 0.2) is 65.8 Å². The second kappa shape index (κ2) is 10.2. The average Bonchev–Trinajstić information content (AvgIpc) is 3.25. The minimum Gasteiger partial charge on any atom is -0.343 e. The van der Waals surface area contributed by atoms with Crippen LogP contribution in [0.2, 0.25) is 5.02 Å². The van der Waals surface area contributed by atoms with Gasteiger partial charge in [0.05, 0.1) is 10.6 Å². The molecule has 1 aliphatic heterocycles. The van der Waals surface area contributed by atoms with Crippen LogP contribution in [0, 0.1) is 6.92 Å². The zero-order chi connectivity index (χ0) is 23.9. The highest BCUT2D eigenvalue weighted by atomic mass is 35.5. The lowest BCUT2D eigenvalue weighted by Gasteiger charge is -2.32. The number of aryl methyl sites for hydroxylation is 1. The van der Waals surface area contributed by atoms with Gasteiger partial charge in [-0.15, -0.1) is 12.4 Å². The fourth-order valence-electron chi connectivity index (χ4n) is 4.72. The fourth-order valence-corrected chi connectivity index (χ4v) is 6.16. The first kappa shape index (κ1) is 25.5. The van der Waals surface area contributed by atoms with Crippen molar-refractivity contribution >= 4 is 56.2 Å². The molecule has 4 aromatic rings. The zero-order valence-electron chi connectivity index (χ0n) is 19.4. The number of sulfone groups is 1. The van der Waals surface area contributed by atoms with E-state index in [4.69, 9.17) is 11.6 Å². The van der Waals surface area contributed by atoms with E-state index in [1.165, 1.54) is 11.3 Å². The number of piperidine rings is 1. The number of hydrogen-bond acceptors (Lipinski definition) is 4. The third-order valence-corrected chi connectivity index (χ3v) is 8.61. The third kappa shape index (κ3) is 5.32. The maximum atomic E-state index is 12.9. The van der Waals surface area contributed by atoms with Gasteiger partial charge in [0, 0.05) is 48.5 Å². The quantitative estimate of drug-likeness (QED) is 0.343. The summed E-state index contributed by atoms with van der Waals surface area (Å²) >= 11 is 6.01. The Kier molecular flexibility index (Phi) is 7.40. The molecule has 6 nitrogen and oxygen atoms in total. The largest absolute Gasteiger partial charge is 0.343 e. The van der Waals surface area contributed by atoms with Gasteiger partial charge in [0.2, 0.25) is 5.91 Å². The number of rotatable bonds is 5. The second-order valence-corrected chi connectivity index (χ2v) is 11.5. The van der Waals surface area contributed by atoms with Crippen molar-refractivity contribution in [1.29, 1.82) is 0 Å². The molecule has 1 aliphatic rings. The van der Waals surface area contributed by atoms with Gasteiger partial charge in [-0.1, -0.05) is 29.8 Å². The Balaban J connectivity index is 0.00000289. The summed E-state index contributed by atoms with van der Waals surface area (Å²) in [6, 6.07) is 14.4. The fraction of sp³-hybridized carbons (Fsp3) is 0.308. The number of fused-ring (bicyclic) bond motifs is 2. The molecule has 0 aliphatic carbocycles. The Morgan fingerprint density at radius 3 is 2.54 bits per heavy atom. The molecule has 0 N–H and O–H groups in total. The smallest absolute Gasteiger partial charge is 0.223 e. The lowest BCUT2D eigenvalue weighted by molar-refractivity contribution is -0.131. The van der Waals surface area contributed by atoms with Crippen molar-refractivity contribution in [3.05, 3.63) is 77.2 Å². The molecule has 2 aromatic carbocycles. The predicted octanol–water partition coefficient (Wildman–Crippen LogP) is 5.44. The van der Waals surface area contributed by atoms with Crippen LogP contribution >= 0.6 is 24.0 Å². The van der Waals surface area contributed by atoms with Gasteiger partial charge in [-0.05, 0) is 66.4 Å². The van der Waals surface area contributed by atoms with Gasteiger partial charge in [0.1, 0.15) is 5.65 Å². The number of hydrogen-bond donors (Lipinski definition) is 0. The van der Waals surface area contributed by atoms with Gasteiger partial charge < -0.3 is 9.30 Å². The predicted molar refractivity (Wildman–Crippen MR) is 141 cm³/mol. The molecule has 35 heavy (non-hydrogen) atoms. The van der Waals surface area contributed by atoms with Gasteiger partial charge in [0.25, 0.3) is 0 Å². The number of amides is 1. The number of likely N-dealkylation sites (tertiary alicyclic amines) is 1. The molecule has 184 valence electrons. The first-order valence-electron chi connectivity index (χ1n) is 11.4. The Morgan fingerprint density at radius 1 is 1.06 bits per heavy atom. The van der Waals surface area contributed by atoms with Gasteiger partial charge in [-0.2, -0.15) is 0 Å². The lowest BCUT2D eigenvalue weighted by atomic mass is 9.93. The second-order valence-electron chi connectivity index (χ2n) is 8.99. The Bertz CT molecular complexity index is 1490. The van der Waals surface area contributed by atoms with Gasteiger partial charge in [-0.3, -0.25) is 4.79 Å². The first-order chi connectivity index (χ1) is 16.3. The van der Waals surface area contributed by atoms with Crippen molar-refractivity contribution < 1.29 is 13.2 Å². The van der Waals surface area contributed by atoms with E-state index < -0.39 is 9.84 Å². The van der Waals surface area contributed by atoms with Gasteiger partial charge >= 0.3 is 0 Å². The number of imidazole rings is 1. The summed E-state index contributed by atoms with van der Waals surface area (Å²) in [4.78, 5) is 19.3. The highest BCUT2D eigenvalue weighted by Gasteiger charge is 2.27. The number of halogens is 2. The molecule has 0 bridgehead atoms. The summed E-state index contributed by atoms with van der Waals surface area (Å²) in [5, 5.41) is 2.29. The molecule has 1 fully saturated rings. The number of benzene rings is 2. The Morgan fingerprint density at radius 2 is 1.77 bits per heavy atom. The van der Waals surface area contributed by atoms with Crippen molar-refractivity contribution in [2.24, 2.45) is 0 Å². The Hall–Kier alpha value is -2.61. The number of nitrogens with zero attached hydrogens (tertiary/aromatic N) is 3. The molecule has 0 radical (unpaired) electrons. The highest BCUT2D eigenvalue weighted by Crippen LogP contribution is 2.29. The van der Waals surface area contributed by atoms with Crippen molar-refractivity contribution in [2.45, 2.75) is 37.0 Å². The van der Waals surface area contributed by atoms with Crippen molar-refractivity contribution in [1.82, 2.24) is 14.3 Å². The van der Waals surface area contributed by atoms with Crippen LogP contribution in [0.5, 0.6) is 0 Å². The monoisotopic (exact) mass is 531 g/mol. The van der Waals surface area contributed by atoms with Crippen molar-refractivity contribution in [2.75, 3.05) is 18.8 Å². The molecule has 0 spiro atoms. The maximum absolute atomic E-state index is 12.9. The van der Waals surface area contributed by atoms with E-state index in [2.05, 4.69) is 28.6 Å². The maximum Gasteiger partial charge on any atom is 0.223 e. The Labute approximate surface area is 216 Å². The number of aromatic nitrogens is 2. The van der Waals surface area contributed by atoms with Crippen molar-refractivity contribution in [3.63, 3.8) is 0 Å². The van der Waals surface area contributed by atoms with E-state index >= 15 is 0 Å². The van der Waals surface area contributed by atoms with Crippen LogP contribution < -0.4 is 0 Å². The summed E-state index contributed by atoms with van der Waals surface area (Å²) in [5.74, 6) is 0.0245. The topological polar surface area (TPSA) is 71.8 Å². The molecular formula is C26H27Cl2N3O3S. The summed E-state index contributed by atoms with van der Waals surface area (Å²) in [6.45, 7) is 3.31. The van der Waals surface area contributed by atoms with Gasteiger partial charge in [0.15, 0.2) is 9.84 Å². The molecule has 0 atom stereocenters. The number of carbonyl (C=O) groups excluding carboxylic acids is 1. The summed E-state index contributed by atoms with van der Waals surface area (Å²) < 4.78 is 27.9. The number of carbonyl (C=O) groups is 1. The van der Waals surface area contributed by atoms with E-state index in [-0.39, 0.29) is 35.4 Å². The van der Waals surface area contributed by atoms with Crippen LogP contribution in [-0.4, -0.2) is 47.5 Å². The van der Waals surface area contributed by atoms with Gasteiger partial charge in [-0.25, -0.2) is 13.4 Å². The molecule has 3 heterocycles. The normalized spacial score (nSPS) is 14.9. The average molecular weight is 532 g/mol. The molecule has 9 heteroatoms. The first-order valence-corrected chi connectivity index (χ1v) is 13.5. The molecule has 0 unspecified atom stereocenters. The van der Waals surface area contributed by atoms with Crippen molar-refractivity contribution in [3.8, 4) is 0 Å². The number of pyridine rings is 1.